The van der Waals surface area contributed by atoms with E-state index in [1.54, 1.807) is 0 Å². The Bertz CT molecular complexity index is 121. The summed E-state index contributed by atoms with van der Waals surface area (Å²) in [7, 11) is 0. The van der Waals surface area contributed by atoms with Crippen LogP contribution in [0.15, 0.2) is 0 Å². The Hall–Kier alpha value is 0.734. The van der Waals surface area contributed by atoms with E-state index in [2.05, 4.69) is 18.5 Å². The molecule has 0 spiro atoms. The second-order valence-corrected chi connectivity index (χ2v) is 2.91. The number of nitrogens with one attached hydrogen (secondary N) is 1. The topological polar surface area (TPSA) is 29.1 Å². The zero-order chi connectivity index (χ0) is 7.45. The third-order valence-corrected chi connectivity index (χ3v) is 2.17. The predicted molar refractivity (Wildman–Crippen MR) is 40.2 cm³/mol. The Morgan fingerprint density at radius 2 is 2.36 bits per heavy atom. The van der Waals surface area contributed by atoms with Gasteiger partial charge in [-0.1, -0.05) is 6.42 Å². The number of piperidine rings is 1. The summed E-state index contributed by atoms with van der Waals surface area (Å²) in [5, 5.41) is 3.18. The van der Waals surface area contributed by atoms with Crippen molar-refractivity contribution in [3.05, 3.63) is 6.92 Å². The van der Waals surface area contributed by atoms with Crippen molar-refractivity contribution < 1.29 is 37.5 Å². The van der Waals surface area contributed by atoms with Gasteiger partial charge in [-0.2, -0.15) is 6.42 Å². The van der Waals surface area contributed by atoms with Gasteiger partial charge in [0.2, 0.25) is 0 Å². The summed E-state index contributed by atoms with van der Waals surface area (Å²) in [6.07, 6.45) is 4.79. The molecule has 0 amide bonds. The van der Waals surface area contributed by atoms with Crippen molar-refractivity contribution in [1.29, 1.82) is 0 Å². The van der Waals surface area contributed by atoms with E-state index in [9.17, 15) is 4.79 Å². The normalized spacial score (nSPS) is 30.6. The van der Waals surface area contributed by atoms with E-state index >= 15 is 0 Å². The third kappa shape index (κ3) is 2.92. The largest absolute Gasteiger partial charge is 0.541 e. The van der Waals surface area contributed by atoms with Crippen molar-refractivity contribution in [3.8, 4) is 0 Å². The van der Waals surface area contributed by atoms with Crippen LogP contribution in [0.1, 0.15) is 19.3 Å². The summed E-state index contributed by atoms with van der Waals surface area (Å²) in [5.41, 5.74) is -0.266. The molecule has 1 aliphatic rings. The molecule has 1 rings (SSSR count). The molecule has 0 aromatic rings. The van der Waals surface area contributed by atoms with Crippen LogP contribution in [0.2, 0.25) is 0 Å². The summed E-state index contributed by atoms with van der Waals surface area (Å²) < 4.78 is 0. The number of carbonyl (C=O) groups excluding carboxylic acids is 1. The Morgan fingerprint density at radius 3 is 2.64 bits per heavy atom. The molecule has 1 aliphatic heterocycles. The van der Waals surface area contributed by atoms with Crippen LogP contribution in [0.4, 0.5) is 0 Å². The summed E-state index contributed by atoms with van der Waals surface area (Å²) in [6, 6.07) is 0. The summed E-state index contributed by atoms with van der Waals surface area (Å²) >= 11 is 0. The maximum Gasteiger partial charge on any atom is 0 e. The second-order valence-electron chi connectivity index (χ2n) is 2.91. The average molecular weight is 228 g/mol. The number of hydrogen-bond donors (Lipinski definition) is 1. The molecule has 1 saturated heterocycles. The third-order valence-electron chi connectivity index (χ3n) is 2.17. The van der Waals surface area contributed by atoms with Crippen molar-refractivity contribution in [2.75, 3.05) is 13.1 Å². The summed E-state index contributed by atoms with van der Waals surface area (Å²) in [4.78, 5) is 10.5. The van der Waals surface area contributed by atoms with Crippen molar-refractivity contribution in [1.82, 2.24) is 5.32 Å². The molecule has 1 atom stereocenters. The van der Waals surface area contributed by atoms with Gasteiger partial charge in [0, 0.05) is 32.7 Å². The van der Waals surface area contributed by atoms with E-state index in [0.717, 1.165) is 25.9 Å². The molecule has 1 heterocycles. The Balaban J connectivity index is 0.000001000. The van der Waals surface area contributed by atoms with Gasteiger partial charge in [-0.25, -0.2) is 0 Å². The van der Waals surface area contributed by atoms with Gasteiger partial charge in [0.1, 0.15) is 0 Å². The Labute approximate surface area is 93.4 Å². The van der Waals surface area contributed by atoms with Crippen molar-refractivity contribution >= 4 is 6.29 Å². The molecular weight excluding hydrogens is 215 g/mol. The minimum atomic E-state index is -0.266. The molecule has 61 valence electrons. The van der Waals surface area contributed by atoms with Crippen LogP contribution < -0.4 is 5.32 Å². The van der Waals surface area contributed by atoms with Crippen molar-refractivity contribution in [3.63, 3.8) is 0 Å². The number of hydrogen-bond acceptors (Lipinski definition) is 2. The van der Waals surface area contributed by atoms with Crippen LogP contribution in [0.25, 0.3) is 0 Å². The molecule has 3 heteroatoms. The molecule has 1 unspecified atom stereocenters. The maximum atomic E-state index is 10.5. The Morgan fingerprint density at radius 1 is 1.64 bits per heavy atom. The first-order chi connectivity index (χ1) is 4.83. The second kappa shape index (κ2) is 5.39. The fourth-order valence-corrected chi connectivity index (χ4v) is 1.32. The molecular formula is C8H13NOY-2. The van der Waals surface area contributed by atoms with Gasteiger partial charge < -0.3 is 17.0 Å². The standard InChI is InChI=1S/C8H13NO.Y/c1-2-8(7-10)4-3-5-9-6-8;/h9H,1-6H2;/q-2;. The van der Waals surface area contributed by atoms with E-state index in [4.69, 9.17) is 0 Å². The van der Waals surface area contributed by atoms with Gasteiger partial charge in [0.25, 0.3) is 0 Å². The smallest absolute Gasteiger partial charge is 0 e. The molecule has 0 bridgehead atoms. The fraction of sp³-hybridized carbons (Fsp3) is 0.750. The van der Waals surface area contributed by atoms with Gasteiger partial charge in [-0.05, 0) is 19.5 Å². The molecule has 2 nitrogen and oxygen atoms in total. The first kappa shape index (κ1) is 11.7. The minimum Gasteiger partial charge on any atom is -0.541 e. The van der Waals surface area contributed by atoms with Gasteiger partial charge in [0.15, 0.2) is 0 Å². The fourth-order valence-electron chi connectivity index (χ4n) is 1.32. The summed E-state index contributed by atoms with van der Waals surface area (Å²) in [6.45, 7) is 5.54. The zero-order valence-electron chi connectivity index (χ0n) is 6.73. The number of rotatable bonds is 2. The molecule has 1 fully saturated rings. The van der Waals surface area contributed by atoms with E-state index < -0.39 is 0 Å². The molecule has 0 saturated carbocycles. The van der Waals surface area contributed by atoms with Crippen LogP contribution >= 0.6 is 0 Å². The van der Waals surface area contributed by atoms with E-state index in [-0.39, 0.29) is 38.1 Å². The van der Waals surface area contributed by atoms with Crippen molar-refractivity contribution in [2.45, 2.75) is 19.3 Å². The summed E-state index contributed by atoms with van der Waals surface area (Å²) in [5.74, 6) is 0. The molecule has 11 heavy (non-hydrogen) atoms. The van der Waals surface area contributed by atoms with E-state index in [0.29, 0.717) is 6.42 Å². The predicted octanol–water partition coefficient (Wildman–Crippen LogP) is 0.688. The van der Waals surface area contributed by atoms with Crippen LogP contribution in [0.3, 0.4) is 0 Å². The van der Waals surface area contributed by atoms with Crippen LogP contribution in [0.5, 0.6) is 0 Å². The SMILES string of the molecule is [CH2-]CC1([C-]=O)CCCNC1.[Y]. The van der Waals surface area contributed by atoms with E-state index in [1.165, 1.54) is 0 Å². The zero-order valence-corrected chi connectivity index (χ0v) is 9.57. The van der Waals surface area contributed by atoms with E-state index in [1.807, 2.05) is 0 Å². The van der Waals surface area contributed by atoms with Gasteiger partial charge in [-0.3, -0.25) is 6.29 Å². The Kier molecular flexibility index (Phi) is 5.75. The van der Waals surface area contributed by atoms with Crippen LogP contribution in [0, 0.1) is 12.3 Å². The quantitative estimate of drug-likeness (QED) is 0.704. The molecule has 0 aromatic heterocycles. The minimum absolute atomic E-state index is 0. The van der Waals surface area contributed by atoms with Crippen LogP contribution in [-0.4, -0.2) is 19.4 Å². The first-order valence-corrected chi connectivity index (χ1v) is 3.72. The van der Waals surface area contributed by atoms with Gasteiger partial charge in [0.05, 0.1) is 0 Å². The van der Waals surface area contributed by atoms with Crippen molar-refractivity contribution in [2.24, 2.45) is 5.41 Å². The van der Waals surface area contributed by atoms with Gasteiger partial charge in [-0.15, -0.1) is 5.41 Å². The molecule has 0 aromatic carbocycles. The van der Waals surface area contributed by atoms with Crippen LogP contribution in [-0.2, 0) is 37.5 Å². The molecule has 1 N–H and O–H groups in total. The molecule has 1 radical (unpaired) electrons. The first-order valence-electron chi connectivity index (χ1n) is 3.72. The molecule has 0 aliphatic carbocycles. The van der Waals surface area contributed by atoms with Gasteiger partial charge >= 0.3 is 0 Å². The average Bonchev–Trinajstić information content (AvgIpc) is 2.06. The monoisotopic (exact) mass is 228 g/mol. The maximum absolute atomic E-state index is 10.5.